The molecule has 78 valence electrons. The van der Waals surface area contributed by atoms with E-state index in [4.69, 9.17) is 4.74 Å². The summed E-state index contributed by atoms with van der Waals surface area (Å²) in [6, 6.07) is 1.76. The Labute approximate surface area is 83.0 Å². The standard InChI is InChI=1S/C9H15N3O2/c1-9(2,7-14-3)8(11-13)12-6-4-5-10-12/h4-6,8H,7H2,1-3H3. The summed E-state index contributed by atoms with van der Waals surface area (Å²) >= 11 is 0. The average molecular weight is 197 g/mol. The van der Waals surface area contributed by atoms with E-state index in [1.165, 1.54) is 0 Å². The van der Waals surface area contributed by atoms with Crippen LogP contribution in [0, 0.1) is 10.3 Å². The molecule has 14 heavy (non-hydrogen) atoms. The van der Waals surface area contributed by atoms with Crippen molar-refractivity contribution < 1.29 is 4.74 Å². The Kier molecular flexibility index (Phi) is 3.35. The Hall–Kier alpha value is -1.23. The lowest BCUT2D eigenvalue weighted by Gasteiger charge is -2.28. The van der Waals surface area contributed by atoms with E-state index in [1.54, 1.807) is 30.3 Å². The second-order valence-electron chi connectivity index (χ2n) is 3.89. The monoisotopic (exact) mass is 197 g/mol. The van der Waals surface area contributed by atoms with Crippen LogP contribution in [-0.2, 0) is 4.74 Å². The lowest BCUT2D eigenvalue weighted by molar-refractivity contribution is 0.0612. The Morgan fingerprint density at radius 2 is 2.36 bits per heavy atom. The van der Waals surface area contributed by atoms with Gasteiger partial charge in [0, 0.05) is 24.9 Å². The topological polar surface area (TPSA) is 56.5 Å². The molecule has 0 aliphatic rings. The number of hydrogen-bond donors (Lipinski definition) is 0. The molecule has 0 aliphatic heterocycles. The van der Waals surface area contributed by atoms with Crippen LogP contribution in [0.25, 0.3) is 0 Å². The Bertz CT molecular complexity index is 282. The van der Waals surface area contributed by atoms with Crippen molar-refractivity contribution in [2.75, 3.05) is 13.7 Å². The molecule has 1 aromatic heterocycles. The van der Waals surface area contributed by atoms with Crippen molar-refractivity contribution in [3.63, 3.8) is 0 Å². The van der Waals surface area contributed by atoms with Gasteiger partial charge in [-0.15, -0.1) is 4.91 Å². The van der Waals surface area contributed by atoms with Crippen molar-refractivity contribution in [1.29, 1.82) is 0 Å². The molecular formula is C9H15N3O2. The van der Waals surface area contributed by atoms with Crippen molar-refractivity contribution in [2.24, 2.45) is 10.6 Å². The molecule has 1 rings (SSSR count). The zero-order chi connectivity index (χ0) is 10.6. The summed E-state index contributed by atoms with van der Waals surface area (Å²) in [7, 11) is 1.60. The van der Waals surface area contributed by atoms with Gasteiger partial charge in [0.15, 0.2) is 6.17 Å². The number of ether oxygens (including phenoxy) is 1. The number of aromatic nitrogens is 2. The van der Waals surface area contributed by atoms with Gasteiger partial charge in [-0.25, -0.2) is 4.68 Å². The minimum absolute atomic E-state index is 0.359. The van der Waals surface area contributed by atoms with Gasteiger partial charge in [-0.1, -0.05) is 13.8 Å². The van der Waals surface area contributed by atoms with Gasteiger partial charge < -0.3 is 4.74 Å². The molecule has 0 radical (unpaired) electrons. The molecule has 0 fully saturated rings. The third-order valence-corrected chi connectivity index (χ3v) is 2.09. The lowest BCUT2D eigenvalue weighted by atomic mass is 9.91. The molecule has 0 spiro atoms. The van der Waals surface area contributed by atoms with Crippen LogP contribution >= 0.6 is 0 Å². The Morgan fingerprint density at radius 1 is 1.64 bits per heavy atom. The highest BCUT2D eigenvalue weighted by atomic mass is 16.5. The van der Waals surface area contributed by atoms with E-state index in [0.717, 1.165) is 0 Å². The normalized spacial score (nSPS) is 13.9. The summed E-state index contributed by atoms with van der Waals surface area (Å²) in [4.78, 5) is 10.8. The van der Waals surface area contributed by atoms with Gasteiger partial charge >= 0.3 is 0 Å². The first kappa shape index (κ1) is 10.8. The molecule has 1 unspecified atom stereocenters. The number of nitrogens with zero attached hydrogens (tertiary/aromatic N) is 3. The molecule has 0 amide bonds. The first-order chi connectivity index (χ1) is 6.61. The van der Waals surface area contributed by atoms with Crippen LogP contribution in [0.4, 0.5) is 0 Å². The molecule has 0 aliphatic carbocycles. The first-order valence-electron chi connectivity index (χ1n) is 4.42. The minimum Gasteiger partial charge on any atom is -0.384 e. The van der Waals surface area contributed by atoms with Gasteiger partial charge in [-0.2, -0.15) is 5.10 Å². The van der Waals surface area contributed by atoms with Crippen LogP contribution in [0.3, 0.4) is 0 Å². The summed E-state index contributed by atoms with van der Waals surface area (Å²) in [6.07, 6.45) is 2.82. The van der Waals surface area contributed by atoms with Gasteiger partial charge in [-0.3, -0.25) is 0 Å². The third kappa shape index (κ3) is 2.17. The Morgan fingerprint density at radius 3 is 2.79 bits per heavy atom. The molecule has 1 aromatic rings. The molecule has 1 heterocycles. The van der Waals surface area contributed by atoms with Gasteiger partial charge in [0.1, 0.15) is 0 Å². The number of nitroso groups, excluding NO2 is 1. The molecule has 5 heteroatoms. The van der Waals surface area contributed by atoms with E-state index in [0.29, 0.717) is 6.61 Å². The van der Waals surface area contributed by atoms with E-state index < -0.39 is 6.17 Å². The van der Waals surface area contributed by atoms with Crippen molar-refractivity contribution in [3.8, 4) is 0 Å². The quantitative estimate of drug-likeness (QED) is 0.676. The van der Waals surface area contributed by atoms with Crippen molar-refractivity contribution in [3.05, 3.63) is 23.4 Å². The molecular weight excluding hydrogens is 182 g/mol. The first-order valence-corrected chi connectivity index (χ1v) is 4.42. The maximum atomic E-state index is 10.8. The summed E-state index contributed by atoms with van der Waals surface area (Å²) in [5.74, 6) is 0. The van der Waals surface area contributed by atoms with Crippen LogP contribution in [0.5, 0.6) is 0 Å². The largest absolute Gasteiger partial charge is 0.384 e. The maximum absolute atomic E-state index is 10.8. The minimum atomic E-state index is -0.530. The van der Waals surface area contributed by atoms with Crippen LogP contribution < -0.4 is 0 Å². The highest BCUT2D eigenvalue weighted by molar-refractivity contribution is 4.86. The van der Waals surface area contributed by atoms with Gasteiger partial charge in [0.2, 0.25) is 0 Å². The van der Waals surface area contributed by atoms with Crippen LogP contribution in [0.2, 0.25) is 0 Å². The number of hydrogen-bond acceptors (Lipinski definition) is 4. The molecule has 5 nitrogen and oxygen atoms in total. The number of rotatable bonds is 5. The van der Waals surface area contributed by atoms with Gasteiger partial charge in [-0.05, 0) is 11.2 Å². The van der Waals surface area contributed by atoms with E-state index in [9.17, 15) is 4.91 Å². The third-order valence-electron chi connectivity index (χ3n) is 2.09. The van der Waals surface area contributed by atoms with Crippen molar-refractivity contribution >= 4 is 0 Å². The Balaban J connectivity index is 2.86. The van der Waals surface area contributed by atoms with Crippen LogP contribution in [0.15, 0.2) is 23.6 Å². The molecule has 0 saturated carbocycles. The maximum Gasteiger partial charge on any atom is 0.190 e. The van der Waals surface area contributed by atoms with Gasteiger partial charge in [0.25, 0.3) is 0 Å². The van der Waals surface area contributed by atoms with Gasteiger partial charge in [0.05, 0.1) is 6.61 Å². The fourth-order valence-corrected chi connectivity index (χ4v) is 1.42. The van der Waals surface area contributed by atoms with E-state index in [2.05, 4.69) is 10.3 Å². The average Bonchev–Trinajstić information content (AvgIpc) is 2.57. The van der Waals surface area contributed by atoms with Crippen LogP contribution in [0.1, 0.15) is 20.0 Å². The highest BCUT2D eigenvalue weighted by Gasteiger charge is 2.32. The highest BCUT2D eigenvalue weighted by Crippen LogP contribution is 2.31. The van der Waals surface area contributed by atoms with Crippen LogP contribution in [-0.4, -0.2) is 23.5 Å². The zero-order valence-electron chi connectivity index (χ0n) is 8.67. The predicted molar refractivity (Wildman–Crippen MR) is 52.7 cm³/mol. The van der Waals surface area contributed by atoms with Crippen molar-refractivity contribution in [1.82, 2.24) is 9.78 Å². The van der Waals surface area contributed by atoms with E-state index in [1.807, 2.05) is 13.8 Å². The molecule has 0 saturated heterocycles. The fraction of sp³-hybridized carbons (Fsp3) is 0.667. The zero-order valence-corrected chi connectivity index (χ0v) is 8.67. The molecule has 0 N–H and O–H groups in total. The summed E-state index contributed by atoms with van der Waals surface area (Å²) in [5, 5.41) is 7.09. The molecule has 1 atom stereocenters. The summed E-state index contributed by atoms with van der Waals surface area (Å²) in [5.41, 5.74) is -0.359. The smallest absolute Gasteiger partial charge is 0.190 e. The fourth-order valence-electron chi connectivity index (χ4n) is 1.42. The summed E-state index contributed by atoms with van der Waals surface area (Å²) < 4.78 is 6.60. The predicted octanol–water partition coefficient (Wildman–Crippen LogP) is 1.82. The lowest BCUT2D eigenvalue weighted by Crippen LogP contribution is -2.30. The summed E-state index contributed by atoms with van der Waals surface area (Å²) in [6.45, 7) is 4.30. The molecule has 0 bridgehead atoms. The second-order valence-corrected chi connectivity index (χ2v) is 3.89. The van der Waals surface area contributed by atoms with E-state index >= 15 is 0 Å². The SMILES string of the molecule is COCC(C)(C)C(N=O)n1cccn1. The second kappa shape index (κ2) is 4.32. The van der Waals surface area contributed by atoms with E-state index in [-0.39, 0.29) is 5.41 Å². The number of methoxy groups -OCH3 is 1. The van der Waals surface area contributed by atoms with Crippen molar-refractivity contribution in [2.45, 2.75) is 20.0 Å². The molecule has 0 aromatic carbocycles.